The summed E-state index contributed by atoms with van der Waals surface area (Å²) < 4.78 is 10.2. The summed E-state index contributed by atoms with van der Waals surface area (Å²) >= 11 is 3.58. The average molecular weight is 323 g/mol. The molecule has 7 nitrogen and oxygen atoms in total. The number of carbonyl (C=O) groups excluding carboxylic acids is 2. The number of thiol groups is 1. The molecule has 2 aromatic rings. The summed E-state index contributed by atoms with van der Waals surface area (Å²) in [6.45, 7) is 1.93. The van der Waals surface area contributed by atoms with Crippen LogP contribution in [0, 0.1) is 0 Å². The Morgan fingerprint density at radius 3 is 2.73 bits per heavy atom. The molecule has 0 spiro atoms. The molecule has 0 saturated heterocycles. The van der Waals surface area contributed by atoms with Crippen LogP contribution in [0.5, 0.6) is 0 Å². The smallest absolute Gasteiger partial charge is 0.338 e. The Kier molecular flexibility index (Phi) is 4.81. The molecule has 0 amide bonds. The third-order valence-corrected chi connectivity index (χ3v) is 3.07. The standard InChI is InChI=1S/C14H13NO6S/c1-2-20-14(19)7-3-4-10-9(5-7)15-12(21-10)8(13(17)18)6-11(16)22/h3-5,8H,2,6H2,1H3,(H,16,22)(H,17,18). The summed E-state index contributed by atoms with van der Waals surface area (Å²) in [5.41, 5.74) is 0.922. The molecule has 22 heavy (non-hydrogen) atoms. The van der Waals surface area contributed by atoms with Gasteiger partial charge in [-0.2, -0.15) is 0 Å². The second kappa shape index (κ2) is 6.61. The Hall–Kier alpha value is -2.35. The lowest BCUT2D eigenvalue weighted by Crippen LogP contribution is -2.14. The van der Waals surface area contributed by atoms with E-state index in [9.17, 15) is 14.4 Å². The lowest BCUT2D eigenvalue weighted by atomic mass is 10.1. The monoisotopic (exact) mass is 323 g/mol. The summed E-state index contributed by atoms with van der Waals surface area (Å²) in [4.78, 5) is 37.9. The van der Waals surface area contributed by atoms with Gasteiger partial charge in [-0.15, -0.1) is 12.6 Å². The first-order chi connectivity index (χ1) is 10.4. The van der Waals surface area contributed by atoms with E-state index in [2.05, 4.69) is 17.6 Å². The first kappa shape index (κ1) is 16.0. The van der Waals surface area contributed by atoms with Crippen molar-refractivity contribution in [1.29, 1.82) is 0 Å². The predicted molar refractivity (Wildman–Crippen MR) is 79.0 cm³/mol. The van der Waals surface area contributed by atoms with E-state index in [1.807, 2.05) is 0 Å². The molecular weight excluding hydrogens is 310 g/mol. The number of carboxylic acid groups (broad SMARTS) is 1. The van der Waals surface area contributed by atoms with Crippen molar-refractivity contribution in [1.82, 2.24) is 4.98 Å². The highest BCUT2D eigenvalue weighted by atomic mass is 32.1. The largest absolute Gasteiger partial charge is 0.481 e. The number of hydrogen-bond donors (Lipinski definition) is 2. The van der Waals surface area contributed by atoms with E-state index >= 15 is 0 Å². The number of carboxylic acids is 1. The van der Waals surface area contributed by atoms with Crippen LogP contribution >= 0.6 is 12.6 Å². The SMILES string of the molecule is CCOC(=O)c1ccc2oc(C(CC(=O)S)C(=O)O)nc2c1. The number of oxazole rings is 1. The summed E-state index contributed by atoms with van der Waals surface area (Å²) in [7, 11) is 0. The van der Waals surface area contributed by atoms with Gasteiger partial charge in [0.2, 0.25) is 5.89 Å². The van der Waals surface area contributed by atoms with Crippen LogP contribution in [0.4, 0.5) is 0 Å². The van der Waals surface area contributed by atoms with Crippen molar-refractivity contribution >= 4 is 40.8 Å². The molecule has 1 aromatic heterocycles. The van der Waals surface area contributed by atoms with Gasteiger partial charge < -0.3 is 14.3 Å². The summed E-state index contributed by atoms with van der Waals surface area (Å²) in [5, 5.41) is 8.57. The number of ether oxygens (including phenoxy) is 1. The molecule has 0 bridgehead atoms. The van der Waals surface area contributed by atoms with E-state index < -0.39 is 23.0 Å². The Morgan fingerprint density at radius 2 is 2.14 bits per heavy atom. The minimum atomic E-state index is -1.24. The molecule has 116 valence electrons. The lowest BCUT2D eigenvalue weighted by Gasteiger charge is -2.04. The zero-order valence-electron chi connectivity index (χ0n) is 11.6. The van der Waals surface area contributed by atoms with Crippen molar-refractivity contribution in [2.45, 2.75) is 19.3 Å². The van der Waals surface area contributed by atoms with Crippen LogP contribution in [-0.4, -0.2) is 33.8 Å². The number of aromatic nitrogens is 1. The maximum atomic E-state index is 11.7. The molecule has 0 fully saturated rings. The molecule has 0 aliphatic carbocycles. The molecule has 1 atom stereocenters. The van der Waals surface area contributed by atoms with Gasteiger partial charge >= 0.3 is 11.9 Å². The van der Waals surface area contributed by atoms with Crippen molar-refractivity contribution in [2.75, 3.05) is 6.61 Å². The molecule has 8 heteroatoms. The van der Waals surface area contributed by atoms with Crippen molar-refractivity contribution in [3.05, 3.63) is 29.7 Å². The number of nitrogens with zero attached hydrogens (tertiary/aromatic N) is 1. The third kappa shape index (κ3) is 3.45. The fraction of sp³-hybridized carbons (Fsp3) is 0.286. The first-order valence-corrected chi connectivity index (χ1v) is 6.89. The number of rotatable bonds is 6. The van der Waals surface area contributed by atoms with Gasteiger partial charge in [-0.3, -0.25) is 9.59 Å². The topological polar surface area (TPSA) is 107 Å². The quantitative estimate of drug-likeness (QED) is 0.618. The molecule has 1 N–H and O–H groups in total. The molecular formula is C14H13NO6S. The minimum absolute atomic E-state index is 0.106. The highest BCUT2D eigenvalue weighted by Crippen LogP contribution is 2.26. The molecule has 2 rings (SSSR count). The van der Waals surface area contributed by atoms with Crippen LogP contribution in [0.1, 0.15) is 35.5 Å². The van der Waals surface area contributed by atoms with Gasteiger partial charge in [0.15, 0.2) is 10.7 Å². The molecule has 1 unspecified atom stereocenters. The maximum absolute atomic E-state index is 11.7. The van der Waals surface area contributed by atoms with E-state index in [0.29, 0.717) is 11.1 Å². The van der Waals surface area contributed by atoms with Crippen LogP contribution in [0.25, 0.3) is 11.1 Å². The number of hydrogen-bond acceptors (Lipinski definition) is 6. The van der Waals surface area contributed by atoms with Crippen molar-refractivity contribution < 1.29 is 28.6 Å². The van der Waals surface area contributed by atoms with Gasteiger partial charge in [0, 0.05) is 6.42 Å². The van der Waals surface area contributed by atoms with E-state index in [-0.39, 0.29) is 24.5 Å². The van der Waals surface area contributed by atoms with E-state index in [1.165, 1.54) is 18.2 Å². The molecule has 1 heterocycles. The molecule has 0 aliphatic rings. The number of esters is 1. The fourth-order valence-electron chi connectivity index (χ4n) is 1.89. The van der Waals surface area contributed by atoms with Crippen LogP contribution < -0.4 is 0 Å². The van der Waals surface area contributed by atoms with Gasteiger partial charge in [-0.05, 0) is 25.1 Å². The number of fused-ring (bicyclic) bond motifs is 1. The van der Waals surface area contributed by atoms with Crippen molar-refractivity contribution in [2.24, 2.45) is 0 Å². The average Bonchev–Trinajstić information content (AvgIpc) is 2.86. The normalized spacial score (nSPS) is 12.1. The highest BCUT2D eigenvalue weighted by Gasteiger charge is 2.27. The Balaban J connectivity index is 2.39. The third-order valence-electron chi connectivity index (χ3n) is 2.89. The van der Waals surface area contributed by atoms with Gasteiger partial charge in [-0.25, -0.2) is 9.78 Å². The second-order valence-corrected chi connectivity index (χ2v) is 4.94. The second-order valence-electron chi connectivity index (χ2n) is 4.44. The maximum Gasteiger partial charge on any atom is 0.338 e. The first-order valence-electron chi connectivity index (χ1n) is 6.44. The zero-order chi connectivity index (χ0) is 16.3. The van der Waals surface area contributed by atoms with Crippen LogP contribution in [-0.2, 0) is 14.3 Å². The fourth-order valence-corrected chi connectivity index (χ4v) is 2.07. The van der Waals surface area contributed by atoms with E-state index in [4.69, 9.17) is 14.3 Å². The van der Waals surface area contributed by atoms with Gasteiger partial charge in [0.25, 0.3) is 0 Å². The van der Waals surface area contributed by atoms with Crippen molar-refractivity contribution in [3.8, 4) is 0 Å². The number of benzene rings is 1. The van der Waals surface area contributed by atoms with Gasteiger partial charge in [0.05, 0.1) is 12.2 Å². The Labute approximate surface area is 130 Å². The zero-order valence-corrected chi connectivity index (χ0v) is 12.5. The Bertz CT molecular complexity index is 738. The van der Waals surface area contributed by atoms with Gasteiger partial charge in [0.1, 0.15) is 11.4 Å². The van der Waals surface area contributed by atoms with Crippen LogP contribution in [0.3, 0.4) is 0 Å². The predicted octanol–water partition coefficient (Wildman–Crippen LogP) is 2.02. The van der Waals surface area contributed by atoms with Crippen molar-refractivity contribution in [3.63, 3.8) is 0 Å². The summed E-state index contributed by atoms with van der Waals surface area (Å²) in [6, 6.07) is 4.44. The summed E-state index contributed by atoms with van der Waals surface area (Å²) in [6.07, 6.45) is -0.337. The van der Waals surface area contributed by atoms with E-state index in [1.54, 1.807) is 6.92 Å². The number of aliphatic carboxylic acids is 1. The lowest BCUT2D eigenvalue weighted by molar-refractivity contribution is -0.140. The summed E-state index contributed by atoms with van der Waals surface area (Å²) in [5.74, 6) is -3.07. The number of carbonyl (C=O) groups is 3. The Morgan fingerprint density at radius 1 is 1.41 bits per heavy atom. The highest BCUT2D eigenvalue weighted by molar-refractivity contribution is 7.96. The molecule has 0 saturated carbocycles. The molecule has 0 aliphatic heterocycles. The van der Waals surface area contributed by atoms with Crippen LogP contribution in [0.15, 0.2) is 22.6 Å². The van der Waals surface area contributed by atoms with Crippen LogP contribution in [0.2, 0.25) is 0 Å². The van der Waals surface area contributed by atoms with E-state index in [0.717, 1.165) is 0 Å². The minimum Gasteiger partial charge on any atom is -0.481 e. The molecule has 0 radical (unpaired) electrons. The van der Waals surface area contributed by atoms with Gasteiger partial charge in [-0.1, -0.05) is 0 Å². The molecule has 1 aromatic carbocycles.